The van der Waals surface area contributed by atoms with Crippen LogP contribution in [0.3, 0.4) is 0 Å². The summed E-state index contributed by atoms with van der Waals surface area (Å²) in [4.78, 5) is 30.5. The maximum absolute atomic E-state index is 13.0. The van der Waals surface area contributed by atoms with Crippen molar-refractivity contribution in [2.45, 2.75) is 12.8 Å². The Kier molecular flexibility index (Phi) is 8.64. The van der Waals surface area contributed by atoms with Crippen molar-refractivity contribution in [3.05, 3.63) is 86.9 Å². The monoisotopic (exact) mass is 558 g/mol. The lowest BCUT2D eigenvalue weighted by Crippen LogP contribution is -2.29. The van der Waals surface area contributed by atoms with Gasteiger partial charge in [-0.25, -0.2) is 4.98 Å². The van der Waals surface area contributed by atoms with E-state index < -0.39 is 5.97 Å². The van der Waals surface area contributed by atoms with Crippen molar-refractivity contribution in [2.24, 2.45) is 0 Å². The second-order valence-electron chi connectivity index (χ2n) is 7.83. The molecule has 0 radical (unpaired) electrons. The van der Waals surface area contributed by atoms with Crippen molar-refractivity contribution in [1.82, 2.24) is 9.88 Å². The first-order valence-electron chi connectivity index (χ1n) is 10.9. The Balaban J connectivity index is 1.37. The van der Waals surface area contributed by atoms with E-state index in [1.54, 1.807) is 53.4 Å². The lowest BCUT2D eigenvalue weighted by atomic mass is 10.1. The number of carboxylic acids is 1. The Morgan fingerprint density at radius 1 is 1.14 bits per heavy atom. The van der Waals surface area contributed by atoms with Gasteiger partial charge in [0.1, 0.15) is 10.1 Å². The molecule has 1 N–H and O–H groups in total. The molecular weight excluding hydrogens is 539 g/mol. The van der Waals surface area contributed by atoms with Crippen molar-refractivity contribution >= 4 is 69.5 Å². The quantitative estimate of drug-likeness (QED) is 0.186. The summed E-state index contributed by atoms with van der Waals surface area (Å²) in [5.74, 6) is -0.485. The average Bonchev–Trinajstić information content (AvgIpc) is 3.09. The highest BCUT2D eigenvalue weighted by Gasteiger charge is 2.31. The van der Waals surface area contributed by atoms with Crippen LogP contribution in [0.4, 0.5) is 0 Å². The minimum absolute atomic E-state index is 0.0649. The highest BCUT2D eigenvalue weighted by atomic mass is 35.5. The third kappa shape index (κ3) is 6.64. The molecule has 2 heterocycles. The van der Waals surface area contributed by atoms with Gasteiger partial charge >= 0.3 is 5.97 Å². The molecule has 1 amide bonds. The van der Waals surface area contributed by atoms with Gasteiger partial charge in [0.05, 0.1) is 34.3 Å². The number of aliphatic carboxylic acids is 1. The van der Waals surface area contributed by atoms with Gasteiger partial charge in [0, 0.05) is 17.1 Å². The number of halogens is 2. The minimum Gasteiger partial charge on any atom is -0.494 e. The zero-order valence-corrected chi connectivity index (χ0v) is 22.0. The number of amides is 1. The van der Waals surface area contributed by atoms with E-state index in [0.29, 0.717) is 61.5 Å². The molecule has 4 rings (SSSR count). The molecule has 3 aromatic rings. The molecule has 1 fully saturated rings. The fourth-order valence-electron chi connectivity index (χ4n) is 3.54. The topological polar surface area (TPSA) is 79.7 Å². The molecule has 1 aliphatic rings. The van der Waals surface area contributed by atoms with Crippen molar-refractivity contribution in [2.75, 3.05) is 13.2 Å². The van der Waals surface area contributed by atoms with Crippen LogP contribution in [0.25, 0.3) is 17.3 Å². The lowest BCUT2D eigenvalue weighted by molar-refractivity contribution is -0.136. The van der Waals surface area contributed by atoms with Gasteiger partial charge in [-0.2, -0.15) is 0 Å². The third-order valence-corrected chi connectivity index (χ3v) is 7.10. The summed E-state index contributed by atoms with van der Waals surface area (Å²) in [6, 6.07) is 17.7. The largest absolute Gasteiger partial charge is 0.494 e. The van der Waals surface area contributed by atoms with Crippen molar-refractivity contribution in [1.29, 1.82) is 0 Å². The Labute approximate surface area is 227 Å². The number of aromatic nitrogens is 1. The number of carbonyl (C=O) groups is 2. The second kappa shape index (κ2) is 11.9. The van der Waals surface area contributed by atoms with Crippen LogP contribution in [0.2, 0.25) is 10.0 Å². The second-order valence-corrected chi connectivity index (χ2v) is 10.3. The number of pyridine rings is 1. The maximum Gasteiger partial charge on any atom is 0.307 e. The van der Waals surface area contributed by atoms with Gasteiger partial charge in [0.2, 0.25) is 0 Å². The summed E-state index contributed by atoms with van der Waals surface area (Å²) < 4.78 is 6.21. The number of thiocarbonyl (C=S) groups is 1. The molecule has 1 aromatic heterocycles. The minimum atomic E-state index is -0.898. The summed E-state index contributed by atoms with van der Waals surface area (Å²) in [7, 11) is 0. The zero-order valence-electron chi connectivity index (χ0n) is 18.8. The van der Waals surface area contributed by atoms with Crippen molar-refractivity contribution in [3.63, 3.8) is 0 Å². The fourth-order valence-corrected chi connectivity index (χ4v) is 5.34. The van der Waals surface area contributed by atoms with Crippen LogP contribution in [0, 0.1) is 0 Å². The van der Waals surface area contributed by atoms with E-state index in [2.05, 4.69) is 4.98 Å². The molecule has 10 heteroatoms. The number of nitrogens with zero attached hydrogens (tertiary/aromatic N) is 2. The van der Waals surface area contributed by atoms with Gasteiger partial charge in [0.25, 0.3) is 5.91 Å². The summed E-state index contributed by atoms with van der Waals surface area (Å²) in [6.07, 6.45) is 2.22. The number of hydrogen-bond acceptors (Lipinski definition) is 6. The molecule has 2 aromatic carbocycles. The molecule has 184 valence electrons. The molecule has 0 saturated carbocycles. The number of carbonyl (C=O) groups excluding carboxylic acids is 1. The summed E-state index contributed by atoms with van der Waals surface area (Å²) >= 11 is 19.0. The van der Waals surface area contributed by atoms with Crippen LogP contribution in [0.1, 0.15) is 17.7 Å². The number of benzene rings is 2. The molecular formula is C26H20Cl2N2O4S2. The first-order chi connectivity index (χ1) is 17.3. The Bertz CT molecular complexity index is 1360. The number of carboxylic acid groups (broad SMARTS) is 1. The normalized spacial score (nSPS) is 14.5. The van der Waals surface area contributed by atoms with Gasteiger partial charge in [-0.05, 0) is 60.5 Å². The summed E-state index contributed by atoms with van der Waals surface area (Å²) in [5.41, 5.74) is 2.70. The Morgan fingerprint density at radius 3 is 2.72 bits per heavy atom. The van der Waals surface area contributed by atoms with Gasteiger partial charge in [-0.3, -0.25) is 14.5 Å². The molecule has 0 aliphatic carbocycles. The molecule has 36 heavy (non-hydrogen) atoms. The summed E-state index contributed by atoms with van der Waals surface area (Å²) in [5, 5.41) is 9.97. The molecule has 1 aliphatic heterocycles. The molecule has 0 atom stereocenters. The lowest BCUT2D eigenvalue weighted by Gasteiger charge is -2.14. The third-order valence-electron chi connectivity index (χ3n) is 5.18. The van der Waals surface area contributed by atoms with Crippen LogP contribution >= 0.6 is 47.2 Å². The highest BCUT2D eigenvalue weighted by Crippen LogP contribution is 2.33. The highest BCUT2D eigenvalue weighted by molar-refractivity contribution is 8.26. The molecule has 0 bridgehead atoms. The average molecular weight is 559 g/mol. The smallest absolute Gasteiger partial charge is 0.307 e. The van der Waals surface area contributed by atoms with Gasteiger partial charge in [0.15, 0.2) is 0 Å². The maximum atomic E-state index is 13.0. The predicted octanol–water partition coefficient (Wildman–Crippen LogP) is 6.35. The van der Waals surface area contributed by atoms with Crippen LogP contribution in [0.15, 0.2) is 65.6 Å². The number of hydrogen-bond donors (Lipinski definition) is 1. The molecule has 0 unspecified atom stereocenters. The number of thioether (sulfide) groups is 1. The van der Waals surface area contributed by atoms with Crippen molar-refractivity contribution < 1.29 is 19.4 Å². The van der Waals surface area contributed by atoms with E-state index in [0.717, 1.165) is 5.56 Å². The van der Waals surface area contributed by atoms with E-state index in [-0.39, 0.29) is 12.3 Å². The van der Waals surface area contributed by atoms with Gasteiger partial charge in [-0.15, -0.1) is 0 Å². The summed E-state index contributed by atoms with van der Waals surface area (Å²) in [6.45, 7) is 0.767. The van der Waals surface area contributed by atoms with E-state index >= 15 is 0 Å². The van der Waals surface area contributed by atoms with E-state index in [9.17, 15) is 9.59 Å². The van der Waals surface area contributed by atoms with E-state index in [1.807, 2.05) is 18.2 Å². The first kappa shape index (κ1) is 26.2. The SMILES string of the molecule is O=C(O)Cc1cccc(OCCCN2C(=O)C(=Cc3cccc(-c4ccc(Cl)cc4Cl)n3)SC2=S)c1. The van der Waals surface area contributed by atoms with Crippen LogP contribution in [0.5, 0.6) is 5.75 Å². The molecule has 0 spiro atoms. The number of rotatable bonds is 9. The van der Waals surface area contributed by atoms with Crippen LogP contribution in [-0.2, 0) is 16.0 Å². The van der Waals surface area contributed by atoms with E-state index in [4.69, 9.17) is 45.3 Å². The van der Waals surface area contributed by atoms with Gasteiger partial charge < -0.3 is 9.84 Å². The zero-order chi connectivity index (χ0) is 25.7. The Hall–Kier alpha value is -2.91. The first-order valence-corrected chi connectivity index (χ1v) is 12.9. The van der Waals surface area contributed by atoms with Crippen LogP contribution < -0.4 is 4.74 Å². The standard InChI is InChI=1S/C26H20Cl2N2O4S2/c27-17-8-9-20(21(28)14-17)22-7-2-5-18(29-22)15-23-25(33)30(26(35)36-23)10-3-11-34-19-6-1-4-16(12-19)13-24(31)32/h1-2,4-9,12,14-15H,3,10-11,13H2,(H,31,32). The van der Waals surface area contributed by atoms with E-state index in [1.165, 1.54) is 11.8 Å². The molecule has 1 saturated heterocycles. The predicted molar refractivity (Wildman–Crippen MR) is 147 cm³/mol. The van der Waals surface area contributed by atoms with Gasteiger partial charge in [-0.1, -0.05) is 65.4 Å². The fraction of sp³-hybridized carbons (Fsp3) is 0.154. The van der Waals surface area contributed by atoms with Crippen molar-refractivity contribution in [3.8, 4) is 17.0 Å². The Morgan fingerprint density at radius 2 is 1.94 bits per heavy atom. The van der Waals surface area contributed by atoms with Crippen LogP contribution in [-0.4, -0.2) is 44.3 Å². The number of ether oxygens (including phenoxy) is 1. The molecule has 6 nitrogen and oxygen atoms in total.